The topological polar surface area (TPSA) is 77.5 Å². The predicted molar refractivity (Wildman–Crippen MR) is 128 cm³/mol. The molecule has 5 rings (SSSR count). The minimum absolute atomic E-state index is 0.00674. The van der Waals surface area contributed by atoms with Crippen LogP contribution in [0.4, 0.5) is 27.6 Å². The van der Waals surface area contributed by atoms with Crippen molar-refractivity contribution in [3.63, 3.8) is 0 Å². The Bertz CT molecular complexity index is 1320. The molecule has 0 saturated heterocycles. The molecule has 1 aliphatic carbocycles. The van der Waals surface area contributed by atoms with Crippen molar-refractivity contribution in [3.8, 4) is 11.3 Å². The van der Waals surface area contributed by atoms with Crippen LogP contribution in [0.15, 0.2) is 77.9 Å². The van der Waals surface area contributed by atoms with Gasteiger partial charge in [-0.15, -0.1) is 0 Å². The average molecular weight is 515 g/mol. The highest BCUT2D eigenvalue weighted by Gasteiger charge is 2.40. The second kappa shape index (κ2) is 9.87. The molecule has 0 spiro atoms. The number of aliphatic imine (C=N–C) groups is 1. The Hall–Kier alpha value is -3.90. The van der Waals surface area contributed by atoms with Crippen molar-refractivity contribution in [1.29, 1.82) is 0 Å². The van der Waals surface area contributed by atoms with E-state index in [9.17, 15) is 22.0 Å². The van der Waals surface area contributed by atoms with Gasteiger partial charge in [0.05, 0.1) is 22.8 Å². The van der Waals surface area contributed by atoms with E-state index >= 15 is 0 Å². The summed E-state index contributed by atoms with van der Waals surface area (Å²) in [5.74, 6) is -2.54. The molecule has 3 N–H and O–H groups in total. The first-order valence-electron chi connectivity index (χ1n) is 11.5. The maximum Gasteiger partial charge on any atom is 0.433 e. The van der Waals surface area contributed by atoms with Gasteiger partial charge < -0.3 is 0 Å². The first-order valence-corrected chi connectivity index (χ1v) is 11.5. The number of halogens is 5. The van der Waals surface area contributed by atoms with Gasteiger partial charge in [-0.1, -0.05) is 41.6 Å². The Morgan fingerprint density at radius 1 is 1.00 bits per heavy atom. The van der Waals surface area contributed by atoms with E-state index < -0.39 is 23.8 Å². The molecule has 2 aliphatic rings. The SMILES string of the molecule is FC1(F)CCC(NN2NC(c3cccc(C(F)(F)F)n3)=CC(=Nc3ccnc(-c4ccccc4)c3)N2)C1. The molecule has 1 saturated carbocycles. The van der Waals surface area contributed by atoms with Gasteiger partial charge in [0.15, 0.2) is 0 Å². The second-order valence-electron chi connectivity index (χ2n) is 8.71. The highest BCUT2D eigenvalue weighted by Crippen LogP contribution is 2.35. The number of benzene rings is 1. The lowest BCUT2D eigenvalue weighted by Gasteiger charge is -2.33. The molecule has 3 heterocycles. The zero-order chi connectivity index (χ0) is 26.0. The number of hydrogen-bond acceptors (Lipinski definition) is 6. The Balaban J connectivity index is 1.47. The summed E-state index contributed by atoms with van der Waals surface area (Å²) in [5, 5.41) is 1.22. The van der Waals surface area contributed by atoms with E-state index in [0.717, 1.165) is 11.6 Å². The molecule has 1 atom stereocenters. The third kappa shape index (κ3) is 6.09. The minimum Gasteiger partial charge on any atom is -0.285 e. The number of aromatic nitrogens is 2. The summed E-state index contributed by atoms with van der Waals surface area (Å²) in [5.41, 5.74) is 9.95. The van der Waals surface area contributed by atoms with Crippen molar-refractivity contribution in [1.82, 2.24) is 31.5 Å². The van der Waals surface area contributed by atoms with Gasteiger partial charge in [0.25, 0.3) is 0 Å². The van der Waals surface area contributed by atoms with E-state index in [1.807, 2.05) is 30.3 Å². The zero-order valence-electron chi connectivity index (χ0n) is 19.3. The van der Waals surface area contributed by atoms with Gasteiger partial charge in [-0.2, -0.15) is 13.2 Å². The predicted octanol–water partition coefficient (Wildman–Crippen LogP) is 5.25. The number of amidine groups is 1. The van der Waals surface area contributed by atoms with E-state index in [4.69, 9.17) is 0 Å². The van der Waals surface area contributed by atoms with Gasteiger partial charge >= 0.3 is 6.18 Å². The second-order valence-corrected chi connectivity index (χ2v) is 8.71. The van der Waals surface area contributed by atoms with Gasteiger partial charge in [0.2, 0.25) is 5.92 Å². The highest BCUT2D eigenvalue weighted by molar-refractivity contribution is 6.00. The Morgan fingerprint density at radius 2 is 1.81 bits per heavy atom. The van der Waals surface area contributed by atoms with E-state index in [-0.39, 0.29) is 36.5 Å². The average Bonchev–Trinajstić information content (AvgIpc) is 3.22. The van der Waals surface area contributed by atoms with Crippen molar-refractivity contribution < 1.29 is 22.0 Å². The summed E-state index contributed by atoms with van der Waals surface area (Å²) in [6.45, 7) is 0. The maximum atomic E-state index is 13.7. The smallest absolute Gasteiger partial charge is 0.285 e. The van der Waals surface area contributed by atoms with Crippen LogP contribution in [0.3, 0.4) is 0 Å². The molecule has 1 aliphatic heterocycles. The summed E-state index contributed by atoms with van der Waals surface area (Å²) >= 11 is 0. The molecular weight excluding hydrogens is 493 g/mol. The highest BCUT2D eigenvalue weighted by atomic mass is 19.4. The van der Waals surface area contributed by atoms with E-state index in [0.29, 0.717) is 11.4 Å². The third-order valence-electron chi connectivity index (χ3n) is 5.83. The summed E-state index contributed by atoms with van der Waals surface area (Å²) in [6.07, 6.45) is -1.93. The summed E-state index contributed by atoms with van der Waals surface area (Å²) in [6, 6.07) is 15.9. The molecule has 3 aromatic rings. The minimum atomic E-state index is -4.63. The molecule has 37 heavy (non-hydrogen) atoms. The number of alkyl halides is 5. The van der Waals surface area contributed by atoms with Crippen LogP contribution in [-0.4, -0.2) is 33.0 Å². The molecule has 1 aromatic carbocycles. The maximum absolute atomic E-state index is 13.7. The molecule has 12 heteroatoms. The monoisotopic (exact) mass is 515 g/mol. The molecule has 1 unspecified atom stereocenters. The van der Waals surface area contributed by atoms with Crippen molar-refractivity contribution in [2.45, 2.75) is 37.4 Å². The van der Waals surface area contributed by atoms with Crippen molar-refractivity contribution in [2.75, 3.05) is 0 Å². The van der Waals surface area contributed by atoms with Gasteiger partial charge in [0, 0.05) is 36.7 Å². The van der Waals surface area contributed by atoms with Crippen LogP contribution in [0.5, 0.6) is 0 Å². The molecule has 7 nitrogen and oxygen atoms in total. The van der Waals surface area contributed by atoms with Crippen LogP contribution in [0, 0.1) is 0 Å². The zero-order valence-corrected chi connectivity index (χ0v) is 19.3. The third-order valence-corrected chi connectivity index (χ3v) is 5.83. The summed E-state index contributed by atoms with van der Waals surface area (Å²) < 4.78 is 67.2. The lowest BCUT2D eigenvalue weighted by atomic mass is 10.1. The van der Waals surface area contributed by atoms with E-state index in [1.165, 1.54) is 23.4 Å². The molecule has 0 radical (unpaired) electrons. The van der Waals surface area contributed by atoms with Crippen molar-refractivity contribution >= 4 is 17.2 Å². The normalized spacial score (nSPS) is 20.8. The fourth-order valence-electron chi connectivity index (χ4n) is 4.10. The fraction of sp³-hybridized carbons (Fsp3) is 0.240. The van der Waals surface area contributed by atoms with Crippen LogP contribution >= 0.6 is 0 Å². The van der Waals surface area contributed by atoms with Crippen LogP contribution in [-0.2, 0) is 6.18 Å². The quantitative estimate of drug-likeness (QED) is 0.403. The van der Waals surface area contributed by atoms with Gasteiger partial charge in [0.1, 0.15) is 11.5 Å². The number of rotatable bonds is 5. The number of hydrazine groups is 3. The van der Waals surface area contributed by atoms with Gasteiger partial charge in [-0.05, 0) is 30.7 Å². The standard InChI is InChI=1S/C25H22F5N7/c26-24(27)11-9-18(15-24)34-37-35-21(19-7-4-8-22(33-19)25(28,29)30)14-23(36-37)32-17-10-12-31-20(13-17)16-5-2-1-3-6-16/h1-8,10,12-14,18,34-35H,9,11,15H2,(H,31,32,36). The van der Waals surface area contributed by atoms with E-state index in [2.05, 4.69) is 31.2 Å². The lowest BCUT2D eigenvalue weighted by molar-refractivity contribution is -0.141. The number of nitrogens with zero attached hydrogens (tertiary/aromatic N) is 4. The molecular formula is C25H22F5N7. The molecule has 0 amide bonds. The first-order chi connectivity index (χ1) is 17.6. The molecule has 2 aromatic heterocycles. The van der Waals surface area contributed by atoms with Crippen LogP contribution in [0.1, 0.15) is 30.7 Å². The largest absolute Gasteiger partial charge is 0.433 e. The molecule has 1 fully saturated rings. The van der Waals surface area contributed by atoms with Crippen molar-refractivity contribution in [2.24, 2.45) is 4.99 Å². The number of hydrogen-bond donors (Lipinski definition) is 3. The van der Waals surface area contributed by atoms with Gasteiger partial charge in [-0.25, -0.2) is 24.2 Å². The fourth-order valence-corrected chi connectivity index (χ4v) is 4.10. The van der Waals surface area contributed by atoms with Gasteiger partial charge in [-0.3, -0.25) is 15.8 Å². The number of nitrogens with one attached hydrogen (secondary N) is 3. The first kappa shape index (κ1) is 24.8. The Kier molecular flexibility index (Phi) is 6.61. The Labute approximate surface area is 209 Å². The lowest BCUT2D eigenvalue weighted by Crippen LogP contribution is -2.61. The number of pyridine rings is 2. The van der Waals surface area contributed by atoms with Crippen LogP contribution < -0.4 is 16.3 Å². The van der Waals surface area contributed by atoms with Crippen LogP contribution in [0.25, 0.3) is 17.0 Å². The summed E-state index contributed by atoms with van der Waals surface area (Å²) in [4.78, 5) is 12.7. The molecule has 192 valence electrons. The molecule has 0 bridgehead atoms. The summed E-state index contributed by atoms with van der Waals surface area (Å²) in [7, 11) is 0. The van der Waals surface area contributed by atoms with Crippen molar-refractivity contribution in [3.05, 3.63) is 84.3 Å². The van der Waals surface area contributed by atoms with Crippen LogP contribution in [0.2, 0.25) is 0 Å². The van der Waals surface area contributed by atoms with E-state index in [1.54, 1.807) is 18.3 Å². The Morgan fingerprint density at radius 3 is 2.54 bits per heavy atom.